The molecule has 1 heterocycles. The normalized spacial score (nSPS) is 22.5. The van der Waals surface area contributed by atoms with Gasteiger partial charge in [-0.3, -0.25) is 19.2 Å². The Balaban J connectivity index is 0.00000342. The number of amides is 2. The third kappa shape index (κ3) is 5.74. The van der Waals surface area contributed by atoms with Gasteiger partial charge in [-0.05, 0) is 48.9 Å². The van der Waals surface area contributed by atoms with Crippen molar-refractivity contribution in [2.45, 2.75) is 31.0 Å². The van der Waals surface area contributed by atoms with Crippen LogP contribution < -0.4 is 5.32 Å². The number of nitrogens with one attached hydrogen (secondary N) is 1. The molecule has 1 N–H and O–H groups in total. The Hall–Kier alpha value is -1.54. The van der Waals surface area contributed by atoms with Crippen LogP contribution in [0.15, 0.2) is 36.4 Å². The van der Waals surface area contributed by atoms with Gasteiger partial charge in [0.1, 0.15) is 4.33 Å². The number of alkyl halides is 2. The van der Waals surface area contributed by atoms with Crippen LogP contribution in [0, 0.1) is 11.8 Å². The maximum atomic E-state index is 13.0. The Labute approximate surface area is 228 Å². The first-order valence-corrected chi connectivity index (χ1v) is 12.3. The van der Waals surface area contributed by atoms with Gasteiger partial charge < -0.3 is 5.32 Å². The number of rotatable bonds is 7. The van der Waals surface area contributed by atoms with Gasteiger partial charge in [0, 0.05) is 40.2 Å². The highest BCUT2D eigenvalue weighted by molar-refractivity contribution is 6.53. The summed E-state index contributed by atoms with van der Waals surface area (Å²) in [4.78, 5) is 43.4. The third-order valence-corrected chi connectivity index (χ3v) is 7.57. The zero-order valence-corrected chi connectivity index (χ0v) is 21.6. The second kappa shape index (κ2) is 10.8. The minimum absolute atomic E-state index is 0. The fourth-order valence-corrected chi connectivity index (χ4v) is 5.70. The van der Waals surface area contributed by atoms with E-state index in [4.69, 9.17) is 62.8 Å². The largest absolute Gasteiger partial charge is 0.326 e. The predicted molar refractivity (Wildman–Crippen MR) is 140 cm³/mol. The second-order valence-electron chi connectivity index (χ2n) is 8.17. The van der Waals surface area contributed by atoms with E-state index in [2.05, 4.69) is 5.32 Å². The first kappa shape index (κ1) is 28.0. The molecule has 1 saturated carbocycles. The monoisotopic (exact) mass is 578 g/mol. The molecule has 1 saturated heterocycles. The molecule has 4 rings (SSSR count). The molecule has 0 radical (unpaired) electrons. The van der Waals surface area contributed by atoms with E-state index < -0.39 is 28.0 Å². The molecule has 1 aliphatic heterocycles. The number of benzene rings is 2. The molecule has 0 aromatic heterocycles. The Bertz CT molecular complexity index is 1150. The van der Waals surface area contributed by atoms with Crippen molar-refractivity contribution in [2.75, 3.05) is 18.5 Å². The smallest absolute Gasteiger partial charge is 0.252 e. The zero-order valence-electron chi connectivity index (χ0n) is 17.8. The molecule has 35 heavy (non-hydrogen) atoms. The summed E-state index contributed by atoms with van der Waals surface area (Å²) in [6, 6.07) is 9.45. The number of anilines is 1. The van der Waals surface area contributed by atoms with Crippen molar-refractivity contribution in [3.8, 4) is 0 Å². The maximum absolute atomic E-state index is 13.0. The lowest BCUT2D eigenvalue weighted by Crippen LogP contribution is -2.27. The molecule has 11 heteroatoms. The highest BCUT2D eigenvalue weighted by Gasteiger charge is 2.67. The quantitative estimate of drug-likeness (QED) is 0.289. The molecule has 2 amide bonds. The summed E-state index contributed by atoms with van der Waals surface area (Å²) < 4.78 is -1.34. The average Bonchev–Trinajstić information content (AvgIpc) is 3.18. The molecule has 2 aromatic rings. The zero-order chi connectivity index (χ0) is 24.8. The fraction of sp³-hybridized carbons (Fsp3) is 0.375. The number of carbonyl (C=O) groups is 3. The lowest BCUT2D eigenvalue weighted by molar-refractivity contribution is -0.160. The van der Waals surface area contributed by atoms with Gasteiger partial charge in [0.15, 0.2) is 5.78 Å². The van der Waals surface area contributed by atoms with Crippen LogP contribution in [0.3, 0.4) is 0 Å². The van der Waals surface area contributed by atoms with Crippen LogP contribution in [0.4, 0.5) is 5.69 Å². The predicted octanol–water partition coefficient (Wildman–Crippen LogP) is 6.79. The lowest BCUT2D eigenvalue weighted by atomic mass is 9.98. The topological polar surface area (TPSA) is 75.7 Å². The van der Waals surface area contributed by atoms with Crippen LogP contribution in [0.2, 0.25) is 15.1 Å². The molecule has 2 unspecified atom stereocenters. The summed E-state index contributed by atoms with van der Waals surface area (Å²) in [7, 11) is 0. The minimum atomic E-state index is -1.34. The van der Waals surface area contributed by atoms with Crippen molar-refractivity contribution in [3.05, 3.63) is 62.6 Å². The SMILES string of the molecule is C.CCN1OC[C@@H](CC(=O)c2cc(NC(=O)C3C(c4cc(Cl)cc(Cl)c4)C3(Cl)Cl)ccc2Cl)C1=O. The Kier molecular flexibility index (Phi) is 8.68. The molecule has 3 atom stereocenters. The number of hydroxylamine groups is 2. The number of carbonyl (C=O) groups excluding carboxylic acids is 3. The molecule has 1 aliphatic carbocycles. The van der Waals surface area contributed by atoms with Crippen LogP contribution in [-0.2, 0) is 14.4 Å². The number of ketones is 1. The average molecular weight is 581 g/mol. The van der Waals surface area contributed by atoms with E-state index in [1.54, 1.807) is 31.2 Å². The van der Waals surface area contributed by atoms with E-state index in [1.165, 1.54) is 17.2 Å². The molecule has 2 aromatic carbocycles. The molecule has 188 valence electrons. The number of halogens is 5. The number of nitrogens with zero attached hydrogens (tertiary/aromatic N) is 1. The van der Waals surface area contributed by atoms with Gasteiger partial charge in [-0.2, -0.15) is 0 Å². The van der Waals surface area contributed by atoms with Crippen molar-refractivity contribution < 1.29 is 19.2 Å². The minimum Gasteiger partial charge on any atom is -0.326 e. The second-order valence-corrected chi connectivity index (χ2v) is 10.9. The molecular formula is C24H23Cl5N2O4. The Morgan fingerprint density at radius 3 is 2.37 bits per heavy atom. The Morgan fingerprint density at radius 1 is 1.11 bits per heavy atom. The van der Waals surface area contributed by atoms with Crippen molar-refractivity contribution in [1.29, 1.82) is 0 Å². The highest BCUT2D eigenvalue weighted by atomic mass is 35.5. The number of Topliss-reactive ketones (excluding diaryl/α,β-unsaturated/α-hetero) is 1. The van der Waals surface area contributed by atoms with E-state index in [9.17, 15) is 14.4 Å². The fourth-order valence-electron chi connectivity index (χ4n) is 4.10. The summed E-state index contributed by atoms with van der Waals surface area (Å²) >= 11 is 31.2. The first-order valence-electron chi connectivity index (χ1n) is 10.4. The van der Waals surface area contributed by atoms with Crippen LogP contribution in [0.25, 0.3) is 0 Å². The van der Waals surface area contributed by atoms with Crippen molar-refractivity contribution in [1.82, 2.24) is 5.06 Å². The number of hydrogen-bond donors (Lipinski definition) is 1. The van der Waals surface area contributed by atoms with Crippen LogP contribution in [-0.4, -0.2) is 40.1 Å². The van der Waals surface area contributed by atoms with Gasteiger partial charge in [0.05, 0.1) is 23.5 Å². The standard InChI is InChI=1S/C23H19Cl5N2O4.CH4/c1-2-30-22(33)12(10-34-30)7-18(31)16-9-15(3-4-17(16)26)29-21(32)20-19(23(20,27)28)11-5-13(24)8-14(25)6-11;/h3-6,8-9,12,19-20H,2,7,10H2,1H3,(H,29,32);1H4/t12-,19?,20?;/m1./s1. The van der Waals surface area contributed by atoms with Gasteiger partial charge in [0.25, 0.3) is 5.91 Å². The van der Waals surface area contributed by atoms with Crippen LogP contribution >= 0.6 is 58.0 Å². The van der Waals surface area contributed by atoms with Gasteiger partial charge in [-0.15, -0.1) is 23.2 Å². The van der Waals surface area contributed by atoms with E-state index in [0.29, 0.717) is 27.8 Å². The van der Waals surface area contributed by atoms with Gasteiger partial charge in [-0.1, -0.05) is 42.2 Å². The van der Waals surface area contributed by atoms with E-state index in [0.717, 1.165) is 0 Å². The molecule has 0 bridgehead atoms. The third-order valence-electron chi connectivity index (χ3n) is 5.86. The molecule has 2 aliphatic rings. The Morgan fingerprint density at radius 2 is 1.77 bits per heavy atom. The summed E-state index contributed by atoms with van der Waals surface area (Å²) in [6.45, 7) is 2.32. The summed E-state index contributed by atoms with van der Waals surface area (Å²) in [5, 5.41) is 5.01. The van der Waals surface area contributed by atoms with Crippen molar-refractivity contribution in [3.63, 3.8) is 0 Å². The maximum Gasteiger partial charge on any atom is 0.252 e. The molecule has 0 spiro atoms. The molecule has 2 fully saturated rings. The molecule has 6 nitrogen and oxygen atoms in total. The van der Waals surface area contributed by atoms with Gasteiger partial charge >= 0.3 is 0 Å². The number of hydrogen-bond acceptors (Lipinski definition) is 4. The van der Waals surface area contributed by atoms with E-state index >= 15 is 0 Å². The van der Waals surface area contributed by atoms with Crippen LogP contribution in [0.5, 0.6) is 0 Å². The van der Waals surface area contributed by atoms with E-state index in [-0.39, 0.29) is 42.7 Å². The van der Waals surface area contributed by atoms with Gasteiger partial charge in [-0.25, -0.2) is 5.06 Å². The van der Waals surface area contributed by atoms with Crippen LogP contribution in [0.1, 0.15) is 42.6 Å². The summed E-state index contributed by atoms with van der Waals surface area (Å²) in [5.41, 5.74) is 1.19. The van der Waals surface area contributed by atoms with Crippen molar-refractivity contribution in [2.24, 2.45) is 11.8 Å². The van der Waals surface area contributed by atoms with E-state index in [1.807, 2.05) is 0 Å². The van der Waals surface area contributed by atoms with Gasteiger partial charge in [0.2, 0.25) is 5.91 Å². The molecular weight excluding hydrogens is 558 g/mol. The highest BCUT2D eigenvalue weighted by Crippen LogP contribution is 2.65. The lowest BCUT2D eigenvalue weighted by Gasteiger charge is -2.12. The van der Waals surface area contributed by atoms with Crippen molar-refractivity contribution >= 4 is 81.3 Å². The first-order chi connectivity index (χ1) is 16.0. The summed E-state index contributed by atoms with van der Waals surface area (Å²) in [6.07, 6.45) is -0.0564. The summed E-state index contributed by atoms with van der Waals surface area (Å²) in [5.74, 6) is -2.83.